The number of benzene rings is 1. The molecule has 2 fully saturated rings. The highest BCUT2D eigenvalue weighted by molar-refractivity contribution is 7.99. The molecule has 2 atom stereocenters. The van der Waals surface area contributed by atoms with E-state index in [1.54, 1.807) is 0 Å². The van der Waals surface area contributed by atoms with Crippen molar-refractivity contribution in [3.05, 3.63) is 23.8 Å². The number of rotatable bonds is 3. The number of fused-ring (bicyclic) bond motifs is 1. The zero-order valence-corrected chi connectivity index (χ0v) is 15.2. The number of carbonyl (C=O) groups excluding carboxylic acids is 1. The van der Waals surface area contributed by atoms with Crippen molar-refractivity contribution in [1.82, 2.24) is 10.2 Å². The lowest BCUT2D eigenvalue weighted by atomic mass is 10.0. The van der Waals surface area contributed by atoms with E-state index in [9.17, 15) is 4.79 Å². The molecule has 0 aliphatic carbocycles. The van der Waals surface area contributed by atoms with E-state index in [1.165, 1.54) is 0 Å². The largest absolute Gasteiger partial charge is 0.454 e. The Hall–Kier alpha value is -1.11. The van der Waals surface area contributed by atoms with E-state index in [1.807, 2.05) is 23.9 Å². The first-order valence-corrected chi connectivity index (χ1v) is 9.47. The first-order valence-electron chi connectivity index (χ1n) is 8.31. The minimum atomic E-state index is 0. The van der Waals surface area contributed by atoms with Gasteiger partial charge >= 0.3 is 0 Å². The first kappa shape index (κ1) is 17.7. The average molecular weight is 371 g/mol. The van der Waals surface area contributed by atoms with Crippen LogP contribution in [0.15, 0.2) is 18.2 Å². The summed E-state index contributed by atoms with van der Waals surface area (Å²) in [5.41, 5.74) is 1.16. The van der Waals surface area contributed by atoms with Gasteiger partial charge < -0.3 is 19.7 Å². The quantitative estimate of drug-likeness (QED) is 0.886. The van der Waals surface area contributed by atoms with Crippen LogP contribution in [-0.2, 0) is 4.79 Å². The maximum absolute atomic E-state index is 12.8. The molecule has 1 N–H and O–H groups in total. The SMILES string of the molecule is Cl.O=C(CC1CSCCN1)N1CCCC1c1ccc2c(c1)OCO2. The van der Waals surface area contributed by atoms with Crippen LogP contribution < -0.4 is 14.8 Å². The highest BCUT2D eigenvalue weighted by Crippen LogP contribution is 2.39. The molecule has 3 aliphatic rings. The number of thioether (sulfide) groups is 1. The smallest absolute Gasteiger partial charge is 0.231 e. The van der Waals surface area contributed by atoms with Crippen molar-refractivity contribution in [1.29, 1.82) is 0 Å². The van der Waals surface area contributed by atoms with Crippen molar-refractivity contribution in [2.45, 2.75) is 31.3 Å². The van der Waals surface area contributed by atoms with E-state index in [4.69, 9.17) is 9.47 Å². The Morgan fingerprint density at radius 3 is 3.04 bits per heavy atom. The van der Waals surface area contributed by atoms with Crippen LogP contribution in [0.2, 0.25) is 0 Å². The third-order valence-electron chi connectivity index (χ3n) is 4.77. The van der Waals surface area contributed by atoms with Crippen LogP contribution in [0.4, 0.5) is 0 Å². The molecule has 0 radical (unpaired) electrons. The van der Waals surface area contributed by atoms with Gasteiger partial charge in [-0.3, -0.25) is 4.79 Å². The molecule has 2 saturated heterocycles. The van der Waals surface area contributed by atoms with E-state index in [-0.39, 0.29) is 31.1 Å². The maximum atomic E-state index is 12.8. The molecule has 1 aromatic rings. The molecule has 2 unspecified atom stereocenters. The molecule has 3 aliphatic heterocycles. The molecule has 1 aromatic carbocycles. The molecule has 0 aromatic heterocycles. The Labute approximate surface area is 152 Å². The van der Waals surface area contributed by atoms with E-state index >= 15 is 0 Å². The van der Waals surface area contributed by atoms with Gasteiger partial charge in [-0.25, -0.2) is 0 Å². The molecule has 1 amide bonds. The Kier molecular flexibility index (Phi) is 5.79. The Morgan fingerprint density at radius 2 is 2.21 bits per heavy atom. The Bertz CT molecular complexity index is 595. The molecule has 4 rings (SSSR count). The normalized spacial score (nSPS) is 25.4. The number of ether oxygens (including phenoxy) is 2. The van der Waals surface area contributed by atoms with Crippen LogP contribution in [-0.4, -0.2) is 48.2 Å². The lowest BCUT2D eigenvalue weighted by Gasteiger charge is -2.29. The van der Waals surface area contributed by atoms with Gasteiger partial charge in [0.05, 0.1) is 6.04 Å². The van der Waals surface area contributed by atoms with Gasteiger partial charge in [0, 0.05) is 37.1 Å². The van der Waals surface area contributed by atoms with Crippen LogP contribution in [0, 0.1) is 0 Å². The van der Waals surface area contributed by atoms with Crippen molar-refractivity contribution >= 4 is 30.1 Å². The molecule has 132 valence electrons. The number of likely N-dealkylation sites (tertiary alicyclic amines) is 1. The lowest BCUT2D eigenvalue weighted by molar-refractivity contribution is -0.132. The fourth-order valence-electron chi connectivity index (χ4n) is 3.61. The predicted molar refractivity (Wildman–Crippen MR) is 97.2 cm³/mol. The molecule has 24 heavy (non-hydrogen) atoms. The number of nitrogens with zero attached hydrogens (tertiary/aromatic N) is 1. The highest BCUT2D eigenvalue weighted by Gasteiger charge is 2.32. The second kappa shape index (κ2) is 7.85. The average Bonchev–Trinajstić information content (AvgIpc) is 3.24. The van der Waals surface area contributed by atoms with Gasteiger partial charge in [0.2, 0.25) is 12.7 Å². The van der Waals surface area contributed by atoms with E-state index in [2.05, 4.69) is 16.3 Å². The summed E-state index contributed by atoms with van der Waals surface area (Å²) < 4.78 is 10.9. The van der Waals surface area contributed by atoms with Crippen LogP contribution >= 0.6 is 24.2 Å². The van der Waals surface area contributed by atoms with E-state index < -0.39 is 0 Å². The molecule has 0 bridgehead atoms. The molecular weight excluding hydrogens is 348 g/mol. The zero-order chi connectivity index (χ0) is 15.6. The van der Waals surface area contributed by atoms with E-state index in [0.29, 0.717) is 12.5 Å². The summed E-state index contributed by atoms with van der Waals surface area (Å²) in [4.78, 5) is 14.8. The third-order valence-corrected chi connectivity index (χ3v) is 5.90. The van der Waals surface area contributed by atoms with Crippen molar-refractivity contribution in [3.8, 4) is 11.5 Å². The molecule has 0 spiro atoms. The number of halogens is 1. The van der Waals surface area contributed by atoms with Gasteiger partial charge in [0.1, 0.15) is 0 Å². The fraction of sp³-hybridized carbons (Fsp3) is 0.588. The number of hydrogen-bond acceptors (Lipinski definition) is 5. The van der Waals surface area contributed by atoms with Gasteiger partial charge in [-0.2, -0.15) is 11.8 Å². The monoisotopic (exact) mass is 370 g/mol. The number of carbonyl (C=O) groups is 1. The van der Waals surface area contributed by atoms with Crippen LogP contribution in [0.25, 0.3) is 0 Å². The summed E-state index contributed by atoms with van der Waals surface area (Å²) in [5, 5.41) is 3.46. The Morgan fingerprint density at radius 1 is 1.33 bits per heavy atom. The molecule has 0 saturated carbocycles. The van der Waals surface area contributed by atoms with Gasteiger partial charge in [0.25, 0.3) is 0 Å². The van der Waals surface area contributed by atoms with Crippen molar-refractivity contribution < 1.29 is 14.3 Å². The van der Waals surface area contributed by atoms with Gasteiger partial charge in [-0.15, -0.1) is 12.4 Å². The summed E-state index contributed by atoms with van der Waals surface area (Å²) in [6.07, 6.45) is 2.70. The summed E-state index contributed by atoms with van der Waals surface area (Å²) in [5.74, 6) is 4.05. The minimum Gasteiger partial charge on any atom is -0.454 e. The minimum absolute atomic E-state index is 0. The zero-order valence-electron chi connectivity index (χ0n) is 13.5. The second-order valence-electron chi connectivity index (χ2n) is 6.29. The topological polar surface area (TPSA) is 50.8 Å². The number of nitrogens with one attached hydrogen (secondary N) is 1. The second-order valence-corrected chi connectivity index (χ2v) is 7.44. The highest BCUT2D eigenvalue weighted by atomic mass is 35.5. The predicted octanol–water partition coefficient (Wildman–Crippen LogP) is 2.60. The molecule has 7 heteroatoms. The summed E-state index contributed by atoms with van der Waals surface area (Å²) >= 11 is 1.93. The summed E-state index contributed by atoms with van der Waals surface area (Å²) in [6.45, 7) is 2.16. The van der Waals surface area contributed by atoms with E-state index in [0.717, 1.165) is 54.5 Å². The van der Waals surface area contributed by atoms with Crippen molar-refractivity contribution in [2.24, 2.45) is 0 Å². The number of hydrogen-bond donors (Lipinski definition) is 1. The van der Waals surface area contributed by atoms with Gasteiger partial charge in [-0.05, 0) is 30.5 Å². The number of amides is 1. The molecule has 5 nitrogen and oxygen atoms in total. The van der Waals surface area contributed by atoms with Crippen LogP contribution in [0.1, 0.15) is 30.9 Å². The summed E-state index contributed by atoms with van der Waals surface area (Å²) in [7, 11) is 0. The lowest BCUT2D eigenvalue weighted by Crippen LogP contribution is -2.42. The first-order chi connectivity index (χ1) is 11.3. The van der Waals surface area contributed by atoms with Gasteiger partial charge in [-0.1, -0.05) is 6.07 Å². The van der Waals surface area contributed by atoms with Crippen molar-refractivity contribution in [3.63, 3.8) is 0 Å². The van der Waals surface area contributed by atoms with Crippen LogP contribution in [0.5, 0.6) is 11.5 Å². The third kappa shape index (κ3) is 3.60. The molecule has 3 heterocycles. The Balaban J connectivity index is 0.00000169. The van der Waals surface area contributed by atoms with Gasteiger partial charge in [0.15, 0.2) is 11.5 Å². The summed E-state index contributed by atoms with van der Waals surface area (Å²) in [6, 6.07) is 6.55. The van der Waals surface area contributed by atoms with Crippen molar-refractivity contribution in [2.75, 3.05) is 31.4 Å². The van der Waals surface area contributed by atoms with Crippen LogP contribution in [0.3, 0.4) is 0 Å². The maximum Gasteiger partial charge on any atom is 0.231 e. The molecular formula is C17H23ClN2O3S. The standard InChI is InChI=1S/C17H22N2O3S.ClH/c20-17(9-13-10-23-7-5-18-13)19-6-1-2-14(19)12-3-4-15-16(8-12)22-11-21-15;/h3-4,8,13-14,18H,1-2,5-7,9-11H2;1H. The fourth-order valence-corrected chi connectivity index (χ4v) is 4.56.